The molecular formula is C27H25BrN4O2. The van der Waals surface area contributed by atoms with Crippen LogP contribution < -0.4 is 5.32 Å². The van der Waals surface area contributed by atoms with Gasteiger partial charge in [0.15, 0.2) is 0 Å². The minimum atomic E-state index is -0.0925. The maximum atomic E-state index is 13.2. The van der Waals surface area contributed by atoms with Crippen LogP contribution in [0.3, 0.4) is 0 Å². The van der Waals surface area contributed by atoms with Crippen LogP contribution in [0.25, 0.3) is 22.5 Å². The van der Waals surface area contributed by atoms with E-state index in [1.165, 1.54) is 0 Å². The highest BCUT2D eigenvalue weighted by Crippen LogP contribution is 2.29. The van der Waals surface area contributed by atoms with E-state index in [-0.39, 0.29) is 11.8 Å². The summed E-state index contributed by atoms with van der Waals surface area (Å²) in [6, 6.07) is 25.9. The first-order chi connectivity index (χ1) is 16.7. The number of halogens is 1. The molecule has 172 valence electrons. The number of rotatable bonds is 6. The lowest BCUT2D eigenvalue weighted by atomic mass is 9.96. The molecule has 7 heteroatoms. The quantitative estimate of drug-likeness (QED) is 0.339. The van der Waals surface area contributed by atoms with E-state index < -0.39 is 0 Å². The molecule has 1 N–H and O–H groups in total. The largest absolute Gasteiger partial charge is 0.338 e. The highest BCUT2D eigenvalue weighted by molar-refractivity contribution is 9.10. The molecule has 1 atom stereocenters. The predicted octanol–water partition coefficient (Wildman–Crippen LogP) is 6.02. The van der Waals surface area contributed by atoms with Gasteiger partial charge in [0.2, 0.25) is 17.6 Å². The van der Waals surface area contributed by atoms with Crippen LogP contribution in [0.5, 0.6) is 0 Å². The summed E-state index contributed by atoms with van der Waals surface area (Å²) in [5.74, 6) is 1.09. The molecule has 0 aliphatic carbocycles. The smallest absolute Gasteiger partial charge is 0.241 e. The number of amides is 1. The molecule has 0 radical (unpaired) electrons. The number of benzene rings is 3. The molecule has 1 saturated heterocycles. The monoisotopic (exact) mass is 516 g/mol. The van der Waals surface area contributed by atoms with Crippen molar-refractivity contribution >= 4 is 27.5 Å². The summed E-state index contributed by atoms with van der Waals surface area (Å²) in [6.45, 7) is 2.10. The van der Waals surface area contributed by atoms with Gasteiger partial charge in [-0.15, -0.1) is 0 Å². The summed E-state index contributed by atoms with van der Waals surface area (Å²) in [5.41, 5.74) is 3.85. The zero-order valence-corrected chi connectivity index (χ0v) is 20.2. The first-order valence-electron chi connectivity index (χ1n) is 11.4. The second-order valence-corrected chi connectivity index (χ2v) is 9.41. The first kappa shape index (κ1) is 22.5. The molecule has 5 rings (SSSR count). The highest BCUT2D eigenvalue weighted by Gasteiger charge is 2.27. The third-order valence-electron chi connectivity index (χ3n) is 6.06. The number of aromatic nitrogens is 2. The number of carbonyl (C=O) groups is 1. The van der Waals surface area contributed by atoms with Crippen LogP contribution in [0.15, 0.2) is 87.9 Å². The summed E-state index contributed by atoms with van der Waals surface area (Å²) < 4.78 is 6.47. The van der Waals surface area contributed by atoms with Crippen LogP contribution in [-0.2, 0) is 11.3 Å². The Labute approximate surface area is 207 Å². The Hall–Kier alpha value is -3.29. The maximum Gasteiger partial charge on any atom is 0.241 e. The first-order valence-corrected chi connectivity index (χ1v) is 12.2. The maximum absolute atomic E-state index is 13.2. The number of carbonyl (C=O) groups excluding carboxylic acids is 1. The summed E-state index contributed by atoms with van der Waals surface area (Å²) in [6.07, 6.45) is 1.81. The number of nitrogens with one attached hydrogen (secondary N) is 1. The Balaban J connectivity index is 1.24. The number of nitrogens with zero attached hydrogens (tertiary/aromatic N) is 3. The van der Waals surface area contributed by atoms with Gasteiger partial charge < -0.3 is 9.84 Å². The summed E-state index contributed by atoms with van der Waals surface area (Å²) in [5, 5.41) is 7.30. The Morgan fingerprint density at radius 1 is 1.03 bits per heavy atom. The Morgan fingerprint density at radius 3 is 2.68 bits per heavy atom. The molecule has 1 fully saturated rings. The Morgan fingerprint density at radius 2 is 1.82 bits per heavy atom. The van der Waals surface area contributed by atoms with Gasteiger partial charge in [-0.2, -0.15) is 4.98 Å². The molecular weight excluding hydrogens is 492 g/mol. The van der Waals surface area contributed by atoms with Gasteiger partial charge in [0.1, 0.15) is 0 Å². The van der Waals surface area contributed by atoms with Crippen LogP contribution in [0, 0.1) is 5.92 Å². The number of para-hydroxylation sites is 1. The lowest BCUT2D eigenvalue weighted by molar-refractivity contribution is -0.121. The zero-order chi connectivity index (χ0) is 23.3. The van der Waals surface area contributed by atoms with E-state index >= 15 is 0 Å². The topological polar surface area (TPSA) is 71.3 Å². The fourth-order valence-corrected chi connectivity index (χ4v) is 4.76. The molecule has 1 aliphatic heterocycles. The van der Waals surface area contributed by atoms with Gasteiger partial charge in [-0.05, 0) is 43.1 Å². The molecule has 3 aromatic carbocycles. The van der Waals surface area contributed by atoms with E-state index in [1.54, 1.807) is 0 Å². The van der Waals surface area contributed by atoms with Gasteiger partial charge in [-0.3, -0.25) is 9.69 Å². The predicted molar refractivity (Wildman–Crippen MR) is 136 cm³/mol. The number of likely N-dealkylation sites (tertiary alicyclic amines) is 1. The van der Waals surface area contributed by atoms with E-state index in [4.69, 9.17) is 4.52 Å². The van der Waals surface area contributed by atoms with Crippen molar-refractivity contribution in [2.45, 2.75) is 19.4 Å². The van der Waals surface area contributed by atoms with Crippen molar-refractivity contribution in [1.29, 1.82) is 0 Å². The highest BCUT2D eigenvalue weighted by atomic mass is 79.9. The van der Waals surface area contributed by atoms with Crippen molar-refractivity contribution in [3.8, 4) is 22.5 Å². The lowest BCUT2D eigenvalue weighted by Crippen LogP contribution is -2.40. The molecule has 0 spiro atoms. The van der Waals surface area contributed by atoms with Crippen molar-refractivity contribution in [3.63, 3.8) is 0 Å². The van der Waals surface area contributed by atoms with Gasteiger partial charge in [0.05, 0.1) is 12.5 Å². The second-order valence-electron chi connectivity index (χ2n) is 8.50. The third-order valence-corrected chi connectivity index (χ3v) is 6.55. The van der Waals surface area contributed by atoms with E-state index in [2.05, 4.69) is 48.4 Å². The summed E-state index contributed by atoms with van der Waals surface area (Å²) in [7, 11) is 0. The van der Waals surface area contributed by atoms with Gasteiger partial charge >= 0.3 is 0 Å². The van der Waals surface area contributed by atoms with Gasteiger partial charge in [0, 0.05) is 27.8 Å². The summed E-state index contributed by atoms with van der Waals surface area (Å²) in [4.78, 5) is 20.0. The van der Waals surface area contributed by atoms with Crippen LogP contribution >= 0.6 is 15.9 Å². The molecule has 1 aromatic heterocycles. The third kappa shape index (κ3) is 5.26. The van der Waals surface area contributed by atoms with Crippen LogP contribution in [0.2, 0.25) is 0 Å². The van der Waals surface area contributed by atoms with Gasteiger partial charge in [-0.1, -0.05) is 81.8 Å². The van der Waals surface area contributed by atoms with E-state index in [1.807, 2.05) is 66.7 Å². The minimum absolute atomic E-state index is 0.0495. The fraction of sp³-hybridized carbons (Fsp3) is 0.222. The average molecular weight is 517 g/mol. The molecule has 34 heavy (non-hydrogen) atoms. The molecule has 0 saturated carbocycles. The SMILES string of the molecule is O=C(Nc1ccccc1-c1ccccc1)C1CCCN(Cc2nc(-c3cccc(Br)c3)no2)C1. The van der Waals surface area contributed by atoms with Crippen molar-refractivity contribution in [3.05, 3.63) is 89.2 Å². The van der Waals surface area contributed by atoms with E-state index in [0.717, 1.165) is 46.2 Å². The Kier molecular flexibility index (Phi) is 6.83. The van der Waals surface area contributed by atoms with Crippen molar-refractivity contribution in [1.82, 2.24) is 15.0 Å². The van der Waals surface area contributed by atoms with Gasteiger partial charge in [-0.25, -0.2) is 0 Å². The van der Waals surface area contributed by atoms with Crippen LogP contribution in [-0.4, -0.2) is 34.0 Å². The van der Waals surface area contributed by atoms with Crippen LogP contribution in [0.4, 0.5) is 5.69 Å². The molecule has 1 amide bonds. The van der Waals surface area contributed by atoms with E-state index in [0.29, 0.717) is 24.8 Å². The Bertz CT molecular complexity index is 1270. The zero-order valence-electron chi connectivity index (χ0n) is 18.7. The number of hydrogen-bond donors (Lipinski definition) is 1. The average Bonchev–Trinajstić information content (AvgIpc) is 3.33. The molecule has 4 aromatic rings. The minimum Gasteiger partial charge on any atom is -0.338 e. The van der Waals surface area contributed by atoms with Crippen molar-refractivity contribution in [2.24, 2.45) is 5.92 Å². The molecule has 1 aliphatic rings. The lowest BCUT2D eigenvalue weighted by Gasteiger charge is -2.31. The number of piperidine rings is 1. The molecule has 2 heterocycles. The van der Waals surface area contributed by atoms with Crippen molar-refractivity contribution < 1.29 is 9.32 Å². The van der Waals surface area contributed by atoms with E-state index in [9.17, 15) is 4.79 Å². The molecule has 6 nitrogen and oxygen atoms in total. The van der Waals surface area contributed by atoms with Crippen molar-refractivity contribution in [2.75, 3.05) is 18.4 Å². The normalized spacial score (nSPS) is 16.3. The van der Waals surface area contributed by atoms with Gasteiger partial charge in [0.25, 0.3) is 0 Å². The second kappa shape index (κ2) is 10.3. The fourth-order valence-electron chi connectivity index (χ4n) is 4.36. The van der Waals surface area contributed by atoms with Crippen LogP contribution in [0.1, 0.15) is 18.7 Å². The number of hydrogen-bond acceptors (Lipinski definition) is 5. The molecule has 0 bridgehead atoms. The summed E-state index contributed by atoms with van der Waals surface area (Å²) >= 11 is 3.47. The standard InChI is InChI=1S/C27H25BrN4O2/c28-22-12-6-10-20(16-22)26-30-25(34-31-26)18-32-15-7-11-21(17-32)27(33)29-24-14-5-4-13-23(24)19-8-2-1-3-9-19/h1-6,8-10,12-14,16,21H,7,11,15,17-18H2,(H,29,33). The molecule has 1 unspecified atom stereocenters. The number of anilines is 1.